The van der Waals surface area contributed by atoms with Crippen LogP contribution in [0.25, 0.3) is 0 Å². The van der Waals surface area contributed by atoms with Gasteiger partial charge in [0.15, 0.2) is 11.9 Å². The Labute approximate surface area is 117 Å². The van der Waals surface area contributed by atoms with Gasteiger partial charge in [-0.2, -0.15) is 0 Å². The quantitative estimate of drug-likeness (QED) is 0.334. The summed E-state index contributed by atoms with van der Waals surface area (Å²) in [5.41, 5.74) is 0. The van der Waals surface area contributed by atoms with Crippen LogP contribution in [0.5, 0.6) is 0 Å². The first-order valence-corrected chi connectivity index (χ1v) is 5.88. The van der Waals surface area contributed by atoms with Crippen molar-refractivity contribution in [3.05, 3.63) is 0 Å². The van der Waals surface area contributed by atoms with E-state index in [0.29, 0.717) is 17.4 Å². The summed E-state index contributed by atoms with van der Waals surface area (Å²) < 4.78 is 0.627. The van der Waals surface area contributed by atoms with Crippen LogP contribution >= 0.6 is 0 Å². The zero-order chi connectivity index (χ0) is 11.9. The molecule has 0 saturated carbocycles. The minimum absolute atomic E-state index is 0. The molecule has 0 spiro atoms. The van der Waals surface area contributed by atoms with Gasteiger partial charge in [0.1, 0.15) is 6.54 Å². The number of carbonyl (C=O) groups is 1. The predicted molar refractivity (Wildman–Crippen MR) is 62.7 cm³/mol. The molecule has 0 aromatic rings. The van der Waals surface area contributed by atoms with Gasteiger partial charge in [-0.1, -0.05) is 26.2 Å². The predicted octanol–water partition coefficient (Wildman–Crippen LogP) is -1.40. The zero-order valence-electron chi connectivity index (χ0n) is 11.0. The average molecular weight is 343 g/mol. The summed E-state index contributed by atoms with van der Waals surface area (Å²) in [5, 5.41) is 9.64. The molecule has 0 aliphatic rings. The third-order valence-corrected chi connectivity index (χ3v) is 2.37. The fraction of sp³-hybridized carbons (Fsp3) is 0.917. The number of carbonyl (C=O) groups excluding carboxylic acids is 1. The molecular weight excluding hydrogens is 317 g/mol. The van der Waals surface area contributed by atoms with Crippen molar-refractivity contribution in [1.29, 1.82) is 0 Å². The highest BCUT2D eigenvalue weighted by atomic mass is 127. The molecule has 3 nitrogen and oxygen atoms in total. The van der Waals surface area contributed by atoms with E-state index >= 15 is 0 Å². The van der Waals surface area contributed by atoms with Gasteiger partial charge in [-0.05, 0) is 6.42 Å². The third-order valence-electron chi connectivity index (χ3n) is 2.37. The Kier molecular flexibility index (Phi) is 10.9. The first-order valence-electron chi connectivity index (χ1n) is 5.88. The van der Waals surface area contributed by atoms with E-state index in [9.17, 15) is 9.90 Å². The second-order valence-corrected chi connectivity index (χ2v) is 5.27. The molecule has 1 unspecified atom stereocenters. The number of likely N-dealkylation sites (N-methyl/N-ethyl adjacent to an activating group) is 1. The van der Waals surface area contributed by atoms with Crippen molar-refractivity contribution in [1.82, 2.24) is 0 Å². The van der Waals surface area contributed by atoms with Gasteiger partial charge in [-0.15, -0.1) is 0 Å². The topological polar surface area (TPSA) is 37.3 Å². The molecule has 0 aliphatic heterocycles. The second kappa shape index (κ2) is 9.36. The van der Waals surface area contributed by atoms with Crippen molar-refractivity contribution in [2.45, 2.75) is 45.1 Å². The summed E-state index contributed by atoms with van der Waals surface area (Å²) >= 11 is 0. The minimum atomic E-state index is -0.786. The summed E-state index contributed by atoms with van der Waals surface area (Å²) in [6.07, 6.45) is 4.11. The Hall–Kier alpha value is 0.320. The zero-order valence-corrected chi connectivity index (χ0v) is 13.2. The standard InChI is InChI=1S/C12H26NO2.HI/c1-5-6-7-8-9-11(14)12(15)10-13(2,3)4;/h12,15H,5-10H2,1-4H3;1H/q+1;/p-1. The minimum Gasteiger partial charge on any atom is -1.00 e. The van der Waals surface area contributed by atoms with Crippen molar-refractivity contribution in [2.75, 3.05) is 27.7 Å². The van der Waals surface area contributed by atoms with E-state index in [1.165, 1.54) is 12.8 Å². The molecule has 1 atom stereocenters. The van der Waals surface area contributed by atoms with Crippen molar-refractivity contribution in [3.8, 4) is 0 Å². The number of hydrogen-bond donors (Lipinski definition) is 1. The van der Waals surface area contributed by atoms with E-state index in [4.69, 9.17) is 0 Å². The normalized spacial score (nSPS) is 13.1. The Morgan fingerprint density at radius 3 is 2.19 bits per heavy atom. The monoisotopic (exact) mass is 343 g/mol. The number of aliphatic hydroxyl groups excluding tert-OH is 1. The van der Waals surface area contributed by atoms with Gasteiger partial charge in [0.2, 0.25) is 0 Å². The summed E-state index contributed by atoms with van der Waals surface area (Å²) in [5.74, 6) is -0.000784. The lowest BCUT2D eigenvalue weighted by Gasteiger charge is -2.26. The molecule has 98 valence electrons. The van der Waals surface area contributed by atoms with Crippen LogP contribution in [-0.4, -0.2) is 49.2 Å². The molecule has 4 heteroatoms. The first kappa shape index (κ1) is 18.7. The first-order chi connectivity index (χ1) is 6.87. The fourth-order valence-corrected chi connectivity index (χ4v) is 1.51. The number of aliphatic hydroxyl groups is 1. The molecule has 0 saturated heterocycles. The van der Waals surface area contributed by atoms with Gasteiger partial charge >= 0.3 is 0 Å². The third kappa shape index (κ3) is 10.8. The van der Waals surface area contributed by atoms with E-state index in [1.807, 2.05) is 21.1 Å². The lowest BCUT2D eigenvalue weighted by Crippen LogP contribution is -3.00. The van der Waals surface area contributed by atoms with Gasteiger partial charge in [0.25, 0.3) is 0 Å². The van der Waals surface area contributed by atoms with Crippen LogP contribution in [0.3, 0.4) is 0 Å². The van der Waals surface area contributed by atoms with Gasteiger partial charge in [0, 0.05) is 6.42 Å². The van der Waals surface area contributed by atoms with Gasteiger partial charge in [-0.3, -0.25) is 4.79 Å². The SMILES string of the molecule is CCCCCCC(=O)C(O)C[N+](C)(C)C.[I-]. The Morgan fingerprint density at radius 2 is 1.75 bits per heavy atom. The summed E-state index contributed by atoms with van der Waals surface area (Å²) in [7, 11) is 5.94. The molecule has 1 N–H and O–H groups in total. The number of quaternary nitrogens is 1. The highest BCUT2D eigenvalue weighted by molar-refractivity contribution is 5.82. The Balaban J connectivity index is 0. The van der Waals surface area contributed by atoms with Gasteiger partial charge < -0.3 is 33.6 Å². The highest BCUT2D eigenvalue weighted by Crippen LogP contribution is 2.06. The lowest BCUT2D eigenvalue weighted by molar-refractivity contribution is -0.872. The maximum Gasteiger partial charge on any atom is 0.167 e. The van der Waals surface area contributed by atoms with Gasteiger partial charge in [0.05, 0.1) is 21.1 Å². The summed E-state index contributed by atoms with van der Waals surface area (Å²) in [6, 6.07) is 0. The molecule has 0 radical (unpaired) electrons. The molecule has 16 heavy (non-hydrogen) atoms. The Morgan fingerprint density at radius 1 is 1.19 bits per heavy atom. The van der Waals surface area contributed by atoms with Crippen LogP contribution in [0.15, 0.2) is 0 Å². The van der Waals surface area contributed by atoms with E-state index < -0.39 is 6.10 Å². The highest BCUT2D eigenvalue weighted by Gasteiger charge is 2.21. The summed E-state index contributed by atoms with van der Waals surface area (Å²) in [4.78, 5) is 11.5. The molecule has 0 rings (SSSR count). The van der Waals surface area contributed by atoms with E-state index in [2.05, 4.69) is 6.92 Å². The number of Topliss-reactive ketones (excluding diaryl/α,β-unsaturated/α-hetero) is 1. The van der Waals surface area contributed by atoms with E-state index in [-0.39, 0.29) is 29.8 Å². The smallest absolute Gasteiger partial charge is 0.167 e. The van der Waals surface area contributed by atoms with Crippen molar-refractivity contribution < 1.29 is 38.4 Å². The molecule has 0 bridgehead atoms. The molecule has 0 aliphatic carbocycles. The Bertz CT molecular complexity index is 190. The van der Waals surface area contributed by atoms with Crippen LogP contribution in [0.4, 0.5) is 0 Å². The second-order valence-electron chi connectivity index (χ2n) is 5.27. The van der Waals surface area contributed by atoms with E-state index in [0.717, 1.165) is 12.8 Å². The van der Waals surface area contributed by atoms with Crippen molar-refractivity contribution in [3.63, 3.8) is 0 Å². The number of hydrogen-bond acceptors (Lipinski definition) is 2. The number of ketones is 1. The lowest BCUT2D eigenvalue weighted by atomic mass is 10.1. The number of unbranched alkanes of at least 4 members (excludes halogenated alkanes) is 3. The van der Waals surface area contributed by atoms with Crippen LogP contribution in [0.1, 0.15) is 39.0 Å². The van der Waals surface area contributed by atoms with E-state index in [1.54, 1.807) is 0 Å². The maximum absolute atomic E-state index is 11.5. The van der Waals surface area contributed by atoms with Crippen LogP contribution in [-0.2, 0) is 4.79 Å². The number of halogens is 1. The number of rotatable bonds is 8. The molecule has 0 heterocycles. The van der Waals surface area contributed by atoms with Crippen molar-refractivity contribution in [2.24, 2.45) is 0 Å². The maximum atomic E-state index is 11.5. The number of nitrogens with zero attached hydrogens (tertiary/aromatic N) is 1. The molecule has 0 fully saturated rings. The van der Waals surface area contributed by atoms with Gasteiger partial charge in [-0.25, -0.2) is 0 Å². The molecular formula is C12H26INO2. The largest absolute Gasteiger partial charge is 1.00 e. The molecule has 0 amide bonds. The van der Waals surface area contributed by atoms with Crippen LogP contribution in [0.2, 0.25) is 0 Å². The van der Waals surface area contributed by atoms with Crippen LogP contribution < -0.4 is 24.0 Å². The average Bonchev–Trinajstić information content (AvgIpc) is 2.09. The van der Waals surface area contributed by atoms with Crippen molar-refractivity contribution >= 4 is 5.78 Å². The molecule has 0 aromatic carbocycles. The fourth-order valence-electron chi connectivity index (χ4n) is 1.51. The van der Waals surface area contributed by atoms with Crippen LogP contribution in [0, 0.1) is 0 Å². The summed E-state index contributed by atoms with van der Waals surface area (Å²) in [6.45, 7) is 2.65. The molecule has 0 aromatic heterocycles.